The van der Waals surface area contributed by atoms with Crippen molar-refractivity contribution < 1.29 is 14.3 Å². The molecule has 1 amide bonds. The van der Waals surface area contributed by atoms with Crippen LogP contribution < -0.4 is 10.9 Å². The molecule has 0 aromatic carbocycles. The first-order valence-corrected chi connectivity index (χ1v) is 8.58. The number of hydrogen-bond acceptors (Lipinski definition) is 5. The molecule has 126 valence electrons. The predicted octanol–water partition coefficient (Wildman–Crippen LogP) is 1.73. The number of thiophene rings is 1. The van der Waals surface area contributed by atoms with Gasteiger partial charge in [-0.1, -0.05) is 6.07 Å². The number of methoxy groups -OCH3 is 1. The highest BCUT2D eigenvalue weighted by Gasteiger charge is 2.29. The van der Waals surface area contributed by atoms with Gasteiger partial charge in [-0.15, -0.1) is 11.3 Å². The Balaban J connectivity index is 1.86. The first kappa shape index (κ1) is 16.6. The molecule has 6 nitrogen and oxygen atoms in total. The number of H-pyrrole nitrogens is 1. The number of rotatable bonds is 5. The second-order valence-electron chi connectivity index (χ2n) is 5.70. The summed E-state index contributed by atoms with van der Waals surface area (Å²) in [7, 11) is 1.53. The van der Waals surface area contributed by atoms with Crippen LogP contribution in [0.2, 0.25) is 0 Å². The van der Waals surface area contributed by atoms with Gasteiger partial charge >= 0.3 is 0 Å². The molecule has 0 aliphatic heterocycles. The van der Waals surface area contributed by atoms with Gasteiger partial charge in [-0.2, -0.15) is 0 Å². The standard InChI is InChI=1S/C17H18N2O4S/c1-23-5-4-18-16(21)12-9-11-13(19-17(12)22)7-10(8-14(11)20)15-3-2-6-24-15/h2-3,6,9-10H,4-5,7-8H2,1H3,(H,18,21)(H,19,22). The lowest BCUT2D eigenvalue weighted by molar-refractivity contribution is 0.0935. The minimum Gasteiger partial charge on any atom is -0.383 e. The predicted molar refractivity (Wildman–Crippen MR) is 91.0 cm³/mol. The molecule has 1 aliphatic rings. The molecule has 2 N–H and O–H groups in total. The molecular formula is C17H18N2O4S. The van der Waals surface area contributed by atoms with Crippen molar-refractivity contribution >= 4 is 23.0 Å². The highest BCUT2D eigenvalue weighted by atomic mass is 32.1. The van der Waals surface area contributed by atoms with Crippen molar-refractivity contribution in [3.8, 4) is 0 Å². The molecule has 1 aliphatic carbocycles. The van der Waals surface area contributed by atoms with Gasteiger partial charge in [0.05, 0.1) is 6.61 Å². The van der Waals surface area contributed by atoms with Crippen LogP contribution in [0, 0.1) is 0 Å². The fourth-order valence-corrected chi connectivity index (χ4v) is 3.72. The summed E-state index contributed by atoms with van der Waals surface area (Å²) in [5.74, 6) is -0.455. The molecule has 24 heavy (non-hydrogen) atoms. The lowest BCUT2D eigenvalue weighted by Crippen LogP contribution is -2.34. The zero-order valence-electron chi connectivity index (χ0n) is 13.3. The molecular weight excluding hydrogens is 328 g/mol. The third kappa shape index (κ3) is 3.32. The molecule has 0 radical (unpaired) electrons. The van der Waals surface area contributed by atoms with E-state index in [2.05, 4.69) is 10.3 Å². The molecule has 1 atom stereocenters. The topological polar surface area (TPSA) is 88.3 Å². The summed E-state index contributed by atoms with van der Waals surface area (Å²) in [6.45, 7) is 0.663. The number of aromatic nitrogens is 1. The summed E-state index contributed by atoms with van der Waals surface area (Å²) in [6.07, 6.45) is 0.993. The quantitative estimate of drug-likeness (QED) is 0.807. The van der Waals surface area contributed by atoms with Gasteiger partial charge in [-0.25, -0.2) is 0 Å². The Hall–Kier alpha value is -2.25. The summed E-state index contributed by atoms with van der Waals surface area (Å²) in [4.78, 5) is 40.6. The van der Waals surface area contributed by atoms with Gasteiger partial charge in [0, 0.05) is 42.1 Å². The summed E-state index contributed by atoms with van der Waals surface area (Å²) in [5.41, 5.74) is 0.554. The first-order chi connectivity index (χ1) is 11.6. The third-order valence-corrected chi connectivity index (χ3v) is 5.12. The summed E-state index contributed by atoms with van der Waals surface area (Å²) in [5, 5.41) is 4.58. The van der Waals surface area contributed by atoms with Crippen LogP contribution in [0.3, 0.4) is 0 Å². The maximum absolute atomic E-state index is 12.5. The zero-order chi connectivity index (χ0) is 17.1. The lowest BCUT2D eigenvalue weighted by atomic mass is 9.84. The number of pyridine rings is 1. The Morgan fingerprint density at radius 1 is 1.42 bits per heavy atom. The average molecular weight is 346 g/mol. The molecule has 3 rings (SSSR count). The largest absolute Gasteiger partial charge is 0.383 e. The monoisotopic (exact) mass is 346 g/mol. The Kier molecular flexibility index (Phi) is 4.92. The van der Waals surface area contributed by atoms with Crippen molar-refractivity contribution in [2.75, 3.05) is 20.3 Å². The van der Waals surface area contributed by atoms with E-state index in [0.29, 0.717) is 37.3 Å². The summed E-state index contributed by atoms with van der Waals surface area (Å²) in [6, 6.07) is 5.38. The van der Waals surface area contributed by atoms with Crippen LogP contribution in [0.1, 0.15) is 43.6 Å². The molecule has 2 aromatic rings. The van der Waals surface area contributed by atoms with E-state index in [4.69, 9.17) is 4.74 Å². The number of Topliss-reactive ketones (excluding diaryl/α,β-unsaturated/α-hetero) is 1. The number of carbonyl (C=O) groups is 2. The van der Waals surface area contributed by atoms with Crippen LogP contribution in [0.15, 0.2) is 28.4 Å². The zero-order valence-corrected chi connectivity index (χ0v) is 14.1. The Morgan fingerprint density at radius 2 is 2.25 bits per heavy atom. The third-order valence-electron chi connectivity index (χ3n) is 4.09. The van der Waals surface area contributed by atoms with Gasteiger partial charge in [-0.05, 0) is 23.9 Å². The van der Waals surface area contributed by atoms with E-state index in [0.717, 1.165) is 4.88 Å². The van der Waals surface area contributed by atoms with E-state index in [9.17, 15) is 14.4 Å². The minimum atomic E-state index is -0.496. The number of nitrogens with one attached hydrogen (secondary N) is 2. The van der Waals surface area contributed by atoms with Gasteiger partial charge < -0.3 is 15.0 Å². The second kappa shape index (κ2) is 7.11. The van der Waals surface area contributed by atoms with Crippen LogP contribution in [-0.2, 0) is 11.2 Å². The summed E-state index contributed by atoms with van der Waals surface area (Å²) < 4.78 is 4.86. The van der Waals surface area contributed by atoms with Gasteiger partial charge in [-0.3, -0.25) is 14.4 Å². The first-order valence-electron chi connectivity index (χ1n) is 7.70. The molecule has 7 heteroatoms. The van der Waals surface area contributed by atoms with E-state index < -0.39 is 11.5 Å². The molecule has 0 bridgehead atoms. The van der Waals surface area contributed by atoms with Crippen LogP contribution in [0.25, 0.3) is 0 Å². The minimum absolute atomic E-state index is 0.0345. The highest BCUT2D eigenvalue weighted by Crippen LogP contribution is 2.33. The number of ketones is 1. The summed E-state index contributed by atoms with van der Waals surface area (Å²) >= 11 is 1.61. The molecule has 0 saturated carbocycles. The SMILES string of the molecule is COCCNC(=O)c1cc2c([nH]c1=O)CC(c1cccs1)CC2=O. The van der Waals surface area contributed by atoms with Gasteiger partial charge in [0.1, 0.15) is 5.56 Å². The molecule has 2 heterocycles. The van der Waals surface area contributed by atoms with Gasteiger partial charge in [0.2, 0.25) is 0 Å². The lowest BCUT2D eigenvalue weighted by Gasteiger charge is -2.22. The molecule has 0 spiro atoms. The number of amides is 1. The number of carbonyl (C=O) groups excluding carboxylic acids is 2. The van der Waals surface area contributed by atoms with Gasteiger partial charge in [0.15, 0.2) is 5.78 Å². The molecule has 0 fully saturated rings. The Bertz CT molecular complexity index is 810. The van der Waals surface area contributed by atoms with Crippen LogP contribution in [0.5, 0.6) is 0 Å². The van der Waals surface area contributed by atoms with Crippen molar-refractivity contribution in [2.24, 2.45) is 0 Å². The van der Waals surface area contributed by atoms with Crippen LogP contribution in [0.4, 0.5) is 0 Å². The molecule has 0 saturated heterocycles. The second-order valence-corrected chi connectivity index (χ2v) is 6.68. The fourth-order valence-electron chi connectivity index (χ4n) is 2.89. The number of ether oxygens (including phenoxy) is 1. The van der Waals surface area contributed by atoms with Crippen LogP contribution in [-0.4, -0.2) is 36.9 Å². The van der Waals surface area contributed by atoms with E-state index in [1.165, 1.54) is 13.2 Å². The number of fused-ring (bicyclic) bond motifs is 1. The number of hydrogen-bond donors (Lipinski definition) is 2. The van der Waals surface area contributed by atoms with Crippen molar-refractivity contribution in [1.29, 1.82) is 0 Å². The van der Waals surface area contributed by atoms with Crippen molar-refractivity contribution in [3.63, 3.8) is 0 Å². The number of aromatic amines is 1. The van der Waals surface area contributed by atoms with E-state index in [-0.39, 0.29) is 17.3 Å². The van der Waals surface area contributed by atoms with E-state index >= 15 is 0 Å². The van der Waals surface area contributed by atoms with Crippen molar-refractivity contribution in [1.82, 2.24) is 10.3 Å². The van der Waals surface area contributed by atoms with Crippen molar-refractivity contribution in [2.45, 2.75) is 18.8 Å². The average Bonchev–Trinajstić information content (AvgIpc) is 3.08. The van der Waals surface area contributed by atoms with Crippen LogP contribution >= 0.6 is 11.3 Å². The maximum atomic E-state index is 12.5. The van der Waals surface area contributed by atoms with E-state index in [1.807, 2.05) is 17.5 Å². The van der Waals surface area contributed by atoms with Gasteiger partial charge in [0.25, 0.3) is 11.5 Å². The Morgan fingerprint density at radius 3 is 2.96 bits per heavy atom. The smallest absolute Gasteiger partial charge is 0.261 e. The molecule has 2 aromatic heterocycles. The van der Waals surface area contributed by atoms with E-state index in [1.54, 1.807) is 11.3 Å². The maximum Gasteiger partial charge on any atom is 0.261 e. The molecule has 1 unspecified atom stereocenters. The highest BCUT2D eigenvalue weighted by molar-refractivity contribution is 7.10. The fraction of sp³-hybridized carbons (Fsp3) is 0.353. The normalized spacial score (nSPS) is 16.7. The Labute approximate surface area is 142 Å². The van der Waals surface area contributed by atoms with Crippen molar-refractivity contribution in [3.05, 3.63) is 55.6 Å².